The monoisotopic (exact) mass is 251 g/mol. The fraction of sp³-hybridized carbons (Fsp3) is 0.167. The van der Waals surface area contributed by atoms with Gasteiger partial charge in [-0.1, -0.05) is 0 Å². The van der Waals surface area contributed by atoms with Crippen molar-refractivity contribution in [1.29, 1.82) is 0 Å². The van der Waals surface area contributed by atoms with Crippen LogP contribution in [0.3, 0.4) is 0 Å². The van der Waals surface area contributed by atoms with E-state index in [2.05, 4.69) is 22.6 Å². The molecule has 0 heterocycles. The van der Waals surface area contributed by atoms with E-state index in [9.17, 15) is 4.79 Å². The molecular formula is C6H6INO2. The minimum Gasteiger partial charge on any atom is -0.478 e. The fourth-order valence-corrected chi connectivity index (χ4v) is 1.50. The third-order valence-electron chi connectivity index (χ3n) is 1.24. The quantitative estimate of drug-likeness (QED) is 0.683. The van der Waals surface area contributed by atoms with Gasteiger partial charge in [-0.15, -0.1) is 0 Å². The molecule has 0 aromatic carbocycles. The molecule has 0 radical (unpaired) electrons. The molecule has 0 atom stereocenters. The maximum Gasteiger partial charge on any atom is 0.337 e. The van der Waals surface area contributed by atoms with Crippen LogP contribution in [0.1, 0.15) is 6.42 Å². The SMILES string of the molecule is NC1=C(C(=O)O)C=C(I)C1. The number of aliphatic carboxylic acids is 1. The smallest absolute Gasteiger partial charge is 0.337 e. The van der Waals surface area contributed by atoms with Crippen LogP contribution < -0.4 is 5.73 Å². The van der Waals surface area contributed by atoms with Gasteiger partial charge in [0.2, 0.25) is 0 Å². The van der Waals surface area contributed by atoms with E-state index in [1.165, 1.54) is 0 Å². The summed E-state index contributed by atoms with van der Waals surface area (Å²) in [6, 6.07) is 0. The zero-order valence-electron chi connectivity index (χ0n) is 5.10. The Balaban J connectivity index is 2.93. The summed E-state index contributed by atoms with van der Waals surface area (Å²) < 4.78 is 0.979. The molecule has 1 aliphatic carbocycles. The number of nitrogens with two attached hydrogens (primary N) is 1. The van der Waals surface area contributed by atoms with Crippen LogP contribution in [0.25, 0.3) is 0 Å². The minimum atomic E-state index is -0.941. The lowest BCUT2D eigenvalue weighted by molar-refractivity contribution is -0.132. The predicted octanol–water partition coefficient (Wildman–Crippen LogP) is 1.01. The average Bonchev–Trinajstić information content (AvgIpc) is 2.10. The zero-order valence-corrected chi connectivity index (χ0v) is 7.25. The molecule has 0 aromatic heterocycles. The number of halogens is 1. The molecule has 0 aliphatic heterocycles. The number of hydrogen-bond donors (Lipinski definition) is 2. The van der Waals surface area contributed by atoms with Crippen LogP contribution in [-0.2, 0) is 4.79 Å². The van der Waals surface area contributed by atoms with Crippen LogP contribution >= 0.6 is 22.6 Å². The molecule has 0 saturated heterocycles. The van der Waals surface area contributed by atoms with E-state index in [1.54, 1.807) is 6.08 Å². The van der Waals surface area contributed by atoms with Gasteiger partial charge in [0.15, 0.2) is 0 Å². The van der Waals surface area contributed by atoms with Crippen molar-refractivity contribution >= 4 is 28.6 Å². The third kappa shape index (κ3) is 1.31. The van der Waals surface area contributed by atoms with Gasteiger partial charge >= 0.3 is 5.97 Å². The first-order chi connectivity index (χ1) is 4.61. The first-order valence-corrected chi connectivity index (χ1v) is 3.77. The molecule has 10 heavy (non-hydrogen) atoms. The zero-order chi connectivity index (χ0) is 7.72. The van der Waals surface area contributed by atoms with Gasteiger partial charge in [-0.3, -0.25) is 0 Å². The van der Waals surface area contributed by atoms with Crippen LogP contribution in [0.5, 0.6) is 0 Å². The number of carboxylic acids is 1. The van der Waals surface area contributed by atoms with Crippen molar-refractivity contribution in [3.63, 3.8) is 0 Å². The summed E-state index contributed by atoms with van der Waals surface area (Å²) in [5.41, 5.74) is 6.11. The van der Waals surface area contributed by atoms with Crippen molar-refractivity contribution in [3.05, 3.63) is 20.9 Å². The van der Waals surface area contributed by atoms with Crippen LogP contribution in [0, 0.1) is 0 Å². The lowest BCUT2D eigenvalue weighted by Gasteiger charge is -1.92. The number of rotatable bonds is 1. The minimum absolute atomic E-state index is 0.240. The molecule has 4 heteroatoms. The fourth-order valence-electron chi connectivity index (χ4n) is 0.777. The van der Waals surface area contributed by atoms with Gasteiger partial charge in [-0.2, -0.15) is 0 Å². The number of carbonyl (C=O) groups is 1. The molecule has 0 spiro atoms. The van der Waals surface area contributed by atoms with E-state index in [-0.39, 0.29) is 5.57 Å². The second-order valence-electron chi connectivity index (χ2n) is 2.01. The Bertz CT molecular complexity index is 242. The predicted molar refractivity (Wildman–Crippen MR) is 45.6 cm³/mol. The molecule has 54 valence electrons. The van der Waals surface area contributed by atoms with E-state index in [0.29, 0.717) is 12.1 Å². The van der Waals surface area contributed by atoms with Crippen molar-refractivity contribution in [3.8, 4) is 0 Å². The van der Waals surface area contributed by atoms with Crippen molar-refractivity contribution in [2.24, 2.45) is 5.73 Å². The standard InChI is InChI=1S/C6H6INO2/c7-3-1-4(6(9)10)5(8)2-3/h1H,2,8H2,(H,9,10). The van der Waals surface area contributed by atoms with E-state index >= 15 is 0 Å². The Morgan fingerprint density at radius 2 is 2.40 bits per heavy atom. The van der Waals surface area contributed by atoms with Gasteiger partial charge in [0.05, 0.1) is 5.57 Å². The van der Waals surface area contributed by atoms with Gasteiger partial charge in [0.1, 0.15) is 0 Å². The molecule has 3 nitrogen and oxygen atoms in total. The van der Waals surface area contributed by atoms with Gasteiger partial charge in [0.25, 0.3) is 0 Å². The van der Waals surface area contributed by atoms with Gasteiger partial charge in [-0.25, -0.2) is 4.79 Å². The van der Waals surface area contributed by atoms with Crippen molar-refractivity contribution in [2.45, 2.75) is 6.42 Å². The number of allylic oxidation sites excluding steroid dienone is 1. The van der Waals surface area contributed by atoms with Crippen LogP contribution in [-0.4, -0.2) is 11.1 Å². The van der Waals surface area contributed by atoms with Gasteiger partial charge in [-0.05, 0) is 32.2 Å². The summed E-state index contributed by atoms with van der Waals surface area (Å²) in [6.45, 7) is 0. The molecule has 3 N–H and O–H groups in total. The van der Waals surface area contributed by atoms with Crippen LogP contribution in [0.2, 0.25) is 0 Å². The van der Waals surface area contributed by atoms with E-state index < -0.39 is 5.97 Å². The molecule has 0 amide bonds. The summed E-state index contributed by atoms with van der Waals surface area (Å²) in [5.74, 6) is -0.941. The Kier molecular flexibility index (Phi) is 1.98. The lowest BCUT2D eigenvalue weighted by atomic mass is 10.2. The number of carboxylic acid groups (broad SMARTS) is 1. The Morgan fingerprint density at radius 3 is 2.60 bits per heavy atom. The first kappa shape index (κ1) is 7.59. The summed E-state index contributed by atoms with van der Waals surface area (Å²) in [4.78, 5) is 10.4. The van der Waals surface area contributed by atoms with E-state index in [0.717, 1.165) is 3.58 Å². The highest BCUT2D eigenvalue weighted by Crippen LogP contribution is 2.26. The molecular weight excluding hydrogens is 245 g/mol. The normalized spacial score (nSPS) is 17.5. The van der Waals surface area contributed by atoms with E-state index in [1.807, 2.05) is 0 Å². The summed E-state index contributed by atoms with van der Waals surface area (Å²) in [5, 5.41) is 8.52. The topological polar surface area (TPSA) is 63.3 Å². The van der Waals surface area contributed by atoms with Crippen molar-refractivity contribution < 1.29 is 9.90 Å². The first-order valence-electron chi connectivity index (χ1n) is 2.69. The Morgan fingerprint density at radius 1 is 1.80 bits per heavy atom. The Labute approximate surface area is 71.7 Å². The third-order valence-corrected chi connectivity index (χ3v) is 1.93. The summed E-state index contributed by atoms with van der Waals surface area (Å²) in [7, 11) is 0. The number of hydrogen-bond acceptors (Lipinski definition) is 2. The lowest BCUT2D eigenvalue weighted by Crippen LogP contribution is -2.04. The van der Waals surface area contributed by atoms with Crippen LogP contribution in [0.15, 0.2) is 20.9 Å². The molecule has 0 aromatic rings. The second-order valence-corrected chi connectivity index (χ2v) is 3.40. The largest absolute Gasteiger partial charge is 0.478 e. The molecule has 0 bridgehead atoms. The molecule has 1 aliphatic rings. The summed E-state index contributed by atoms with van der Waals surface area (Å²) >= 11 is 2.07. The summed E-state index contributed by atoms with van der Waals surface area (Å²) in [6.07, 6.45) is 2.18. The maximum atomic E-state index is 10.4. The van der Waals surface area contributed by atoms with Gasteiger partial charge < -0.3 is 10.8 Å². The molecule has 1 rings (SSSR count). The Hall–Kier alpha value is -0.520. The van der Waals surface area contributed by atoms with Crippen LogP contribution in [0.4, 0.5) is 0 Å². The van der Waals surface area contributed by atoms with Crippen molar-refractivity contribution in [1.82, 2.24) is 0 Å². The molecule has 0 fully saturated rings. The molecule has 0 unspecified atom stereocenters. The van der Waals surface area contributed by atoms with Crippen molar-refractivity contribution in [2.75, 3.05) is 0 Å². The average molecular weight is 251 g/mol. The molecule has 0 saturated carbocycles. The van der Waals surface area contributed by atoms with Gasteiger partial charge in [0, 0.05) is 12.1 Å². The highest BCUT2D eigenvalue weighted by molar-refractivity contribution is 14.1. The second kappa shape index (κ2) is 2.61. The van der Waals surface area contributed by atoms with E-state index in [4.69, 9.17) is 10.8 Å². The highest BCUT2D eigenvalue weighted by Gasteiger charge is 2.16. The highest BCUT2D eigenvalue weighted by atomic mass is 127. The maximum absolute atomic E-state index is 10.4.